The third kappa shape index (κ3) is 3.22. The molecule has 0 saturated carbocycles. The molecule has 2 unspecified atom stereocenters. The molecule has 0 aromatic carbocycles. The SMILES string of the molecule is CCNC1CSCC1Cc1ccc(Br)s1. The van der Waals surface area contributed by atoms with Crippen molar-refractivity contribution in [1.82, 2.24) is 5.32 Å². The van der Waals surface area contributed by atoms with Gasteiger partial charge in [-0.15, -0.1) is 11.3 Å². The summed E-state index contributed by atoms with van der Waals surface area (Å²) in [6.07, 6.45) is 1.24. The zero-order valence-electron chi connectivity index (χ0n) is 8.83. The maximum absolute atomic E-state index is 3.59. The molecule has 4 heteroatoms. The third-order valence-electron chi connectivity index (χ3n) is 2.76. The van der Waals surface area contributed by atoms with Crippen molar-refractivity contribution >= 4 is 39.0 Å². The molecule has 1 aromatic rings. The number of hydrogen-bond donors (Lipinski definition) is 1. The predicted octanol–water partition coefficient (Wildman–Crippen LogP) is 3.39. The molecule has 0 spiro atoms. The van der Waals surface area contributed by atoms with Crippen molar-refractivity contribution in [3.05, 3.63) is 20.8 Å². The lowest BCUT2D eigenvalue weighted by atomic mass is 9.99. The van der Waals surface area contributed by atoms with E-state index in [0.717, 1.165) is 18.5 Å². The summed E-state index contributed by atoms with van der Waals surface area (Å²) in [5, 5.41) is 3.59. The van der Waals surface area contributed by atoms with E-state index < -0.39 is 0 Å². The van der Waals surface area contributed by atoms with Gasteiger partial charge >= 0.3 is 0 Å². The highest BCUT2D eigenvalue weighted by Gasteiger charge is 2.27. The van der Waals surface area contributed by atoms with Crippen LogP contribution in [-0.2, 0) is 6.42 Å². The fourth-order valence-electron chi connectivity index (χ4n) is 2.01. The number of nitrogens with one attached hydrogen (secondary N) is 1. The molecule has 0 bridgehead atoms. The summed E-state index contributed by atoms with van der Waals surface area (Å²) in [4.78, 5) is 1.51. The van der Waals surface area contributed by atoms with Gasteiger partial charge in [-0.2, -0.15) is 11.8 Å². The molecule has 0 aliphatic carbocycles. The molecule has 1 fully saturated rings. The monoisotopic (exact) mass is 305 g/mol. The van der Waals surface area contributed by atoms with Crippen molar-refractivity contribution in [2.75, 3.05) is 18.1 Å². The van der Waals surface area contributed by atoms with Crippen LogP contribution in [0.15, 0.2) is 15.9 Å². The minimum absolute atomic E-state index is 0.723. The molecule has 15 heavy (non-hydrogen) atoms. The van der Waals surface area contributed by atoms with E-state index in [1.165, 1.54) is 26.6 Å². The summed E-state index contributed by atoms with van der Waals surface area (Å²) >= 11 is 7.49. The topological polar surface area (TPSA) is 12.0 Å². The van der Waals surface area contributed by atoms with Crippen LogP contribution in [0.3, 0.4) is 0 Å². The van der Waals surface area contributed by atoms with Crippen LogP contribution < -0.4 is 5.32 Å². The normalized spacial score (nSPS) is 26.0. The van der Waals surface area contributed by atoms with Crippen molar-refractivity contribution in [3.63, 3.8) is 0 Å². The van der Waals surface area contributed by atoms with E-state index in [0.29, 0.717) is 0 Å². The van der Waals surface area contributed by atoms with Gasteiger partial charge < -0.3 is 5.32 Å². The number of thioether (sulfide) groups is 1. The van der Waals surface area contributed by atoms with Gasteiger partial charge in [0.1, 0.15) is 0 Å². The Hall–Kier alpha value is 0.490. The van der Waals surface area contributed by atoms with E-state index in [-0.39, 0.29) is 0 Å². The first-order valence-electron chi connectivity index (χ1n) is 5.35. The lowest BCUT2D eigenvalue weighted by Gasteiger charge is -2.18. The first-order chi connectivity index (χ1) is 7.29. The Bertz CT molecular complexity index is 313. The fraction of sp³-hybridized carbons (Fsp3) is 0.636. The third-order valence-corrected chi connectivity index (χ3v) is 5.66. The Kier molecular flexibility index (Phi) is 4.55. The Morgan fingerprint density at radius 3 is 3.00 bits per heavy atom. The highest BCUT2D eigenvalue weighted by molar-refractivity contribution is 9.11. The summed E-state index contributed by atoms with van der Waals surface area (Å²) in [6.45, 7) is 3.29. The second kappa shape index (κ2) is 5.71. The average Bonchev–Trinajstić information content (AvgIpc) is 2.78. The first-order valence-corrected chi connectivity index (χ1v) is 8.11. The molecule has 1 aliphatic rings. The number of thiophene rings is 1. The largest absolute Gasteiger partial charge is 0.313 e. The van der Waals surface area contributed by atoms with Gasteiger partial charge in [-0.1, -0.05) is 6.92 Å². The van der Waals surface area contributed by atoms with Crippen molar-refractivity contribution in [2.45, 2.75) is 19.4 Å². The minimum atomic E-state index is 0.723. The number of halogens is 1. The molecular formula is C11H16BrNS2. The van der Waals surface area contributed by atoms with Gasteiger partial charge in [0, 0.05) is 16.7 Å². The van der Waals surface area contributed by atoms with Gasteiger partial charge in [-0.05, 0) is 52.7 Å². The first kappa shape index (κ1) is 12.0. The Labute approximate surface area is 108 Å². The van der Waals surface area contributed by atoms with Gasteiger partial charge in [-0.25, -0.2) is 0 Å². The molecular weight excluding hydrogens is 290 g/mol. The molecule has 0 amide bonds. The summed E-state index contributed by atoms with van der Waals surface area (Å²) < 4.78 is 1.25. The minimum Gasteiger partial charge on any atom is -0.313 e. The van der Waals surface area contributed by atoms with Gasteiger partial charge in [-0.3, -0.25) is 0 Å². The van der Waals surface area contributed by atoms with E-state index in [2.05, 4.69) is 52.1 Å². The number of hydrogen-bond acceptors (Lipinski definition) is 3. The summed E-state index contributed by atoms with van der Waals surface area (Å²) in [7, 11) is 0. The predicted molar refractivity (Wildman–Crippen MR) is 74.0 cm³/mol. The average molecular weight is 306 g/mol. The smallest absolute Gasteiger partial charge is 0.0701 e. The van der Waals surface area contributed by atoms with Crippen LogP contribution in [0.1, 0.15) is 11.8 Å². The lowest BCUT2D eigenvalue weighted by Crippen LogP contribution is -2.35. The molecule has 84 valence electrons. The van der Waals surface area contributed by atoms with Crippen LogP contribution >= 0.6 is 39.0 Å². The molecule has 2 rings (SSSR count). The highest BCUT2D eigenvalue weighted by atomic mass is 79.9. The van der Waals surface area contributed by atoms with Crippen LogP contribution in [0.25, 0.3) is 0 Å². The highest BCUT2D eigenvalue weighted by Crippen LogP contribution is 2.31. The summed E-state index contributed by atoms with van der Waals surface area (Å²) in [6, 6.07) is 5.13. The van der Waals surface area contributed by atoms with Gasteiger partial charge in [0.2, 0.25) is 0 Å². The molecule has 0 radical (unpaired) electrons. The van der Waals surface area contributed by atoms with E-state index >= 15 is 0 Å². The van der Waals surface area contributed by atoms with Crippen LogP contribution in [-0.4, -0.2) is 24.1 Å². The molecule has 1 aromatic heterocycles. The van der Waals surface area contributed by atoms with Gasteiger partial charge in [0.15, 0.2) is 0 Å². The van der Waals surface area contributed by atoms with Crippen molar-refractivity contribution in [2.24, 2.45) is 5.92 Å². The van der Waals surface area contributed by atoms with Crippen LogP contribution in [0.4, 0.5) is 0 Å². The van der Waals surface area contributed by atoms with Gasteiger partial charge in [0.05, 0.1) is 3.79 Å². The zero-order chi connectivity index (χ0) is 10.7. The lowest BCUT2D eigenvalue weighted by molar-refractivity contribution is 0.436. The van der Waals surface area contributed by atoms with Crippen molar-refractivity contribution < 1.29 is 0 Å². The van der Waals surface area contributed by atoms with E-state index in [1.54, 1.807) is 0 Å². The molecule has 1 N–H and O–H groups in total. The molecule has 2 heterocycles. The molecule has 2 atom stereocenters. The molecule has 1 saturated heterocycles. The zero-order valence-corrected chi connectivity index (χ0v) is 12.1. The van der Waals surface area contributed by atoms with E-state index in [1.807, 2.05) is 11.3 Å². The Morgan fingerprint density at radius 2 is 2.33 bits per heavy atom. The second-order valence-corrected chi connectivity index (χ2v) is 7.49. The van der Waals surface area contributed by atoms with Crippen molar-refractivity contribution in [1.29, 1.82) is 0 Å². The maximum atomic E-state index is 3.59. The summed E-state index contributed by atoms with van der Waals surface area (Å²) in [5.74, 6) is 3.42. The number of rotatable bonds is 4. The molecule has 1 aliphatic heterocycles. The van der Waals surface area contributed by atoms with Crippen LogP contribution in [0, 0.1) is 5.92 Å². The van der Waals surface area contributed by atoms with Crippen molar-refractivity contribution in [3.8, 4) is 0 Å². The van der Waals surface area contributed by atoms with Crippen LogP contribution in [0.5, 0.6) is 0 Å². The van der Waals surface area contributed by atoms with E-state index in [9.17, 15) is 0 Å². The molecule has 1 nitrogen and oxygen atoms in total. The quantitative estimate of drug-likeness (QED) is 0.915. The second-order valence-electron chi connectivity index (χ2n) is 3.87. The standard InChI is InChI=1S/C11H16BrNS2/c1-2-13-10-7-14-6-8(10)5-9-3-4-11(12)15-9/h3-4,8,10,13H,2,5-7H2,1H3. The Morgan fingerprint density at radius 1 is 1.47 bits per heavy atom. The summed E-state index contributed by atoms with van der Waals surface area (Å²) in [5.41, 5.74) is 0. The maximum Gasteiger partial charge on any atom is 0.0701 e. The van der Waals surface area contributed by atoms with Gasteiger partial charge in [0.25, 0.3) is 0 Å². The van der Waals surface area contributed by atoms with E-state index in [4.69, 9.17) is 0 Å². The fourth-order valence-corrected chi connectivity index (χ4v) is 5.02. The Balaban J connectivity index is 1.93. The van der Waals surface area contributed by atoms with Crippen LogP contribution in [0.2, 0.25) is 0 Å².